The summed E-state index contributed by atoms with van der Waals surface area (Å²) in [5.74, 6) is 2.07. The van der Waals surface area contributed by atoms with Crippen LogP contribution in [0.3, 0.4) is 0 Å². The molecule has 2 N–H and O–H groups in total. The zero-order valence-corrected chi connectivity index (χ0v) is 10.3. The van der Waals surface area contributed by atoms with Gasteiger partial charge in [-0.15, -0.1) is 0 Å². The molecular formula is C13H22N2O. The van der Waals surface area contributed by atoms with Gasteiger partial charge in [0.25, 0.3) is 0 Å². The average molecular weight is 222 g/mol. The zero-order chi connectivity index (χ0) is 11.5. The third kappa shape index (κ3) is 2.15. The van der Waals surface area contributed by atoms with E-state index in [1.54, 1.807) is 0 Å². The van der Waals surface area contributed by atoms with Gasteiger partial charge in [0.15, 0.2) is 0 Å². The largest absolute Gasteiger partial charge is 0.464 e. The predicted octanol–water partition coefficient (Wildman–Crippen LogP) is 2.33. The molecule has 1 fully saturated rings. The van der Waals surface area contributed by atoms with Crippen molar-refractivity contribution < 1.29 is 4.42 Å². The first kappa shape index (κ1) is 11.7. The average Bonchev–Trinajstić information content (AvgIpc) is 2.65. The van der Waals surface area contributed by atoms with Crippen molar-refractivity contribution in [2.24, 2.45) is 5.73 Å². The second-order valence-electron chi connectivity index (χ2n) is 4.66. The molecule has 3 heteroatoms. The van der Waals surface area contributed by atoms with Gasteiger partial charge in [-0.3, -0.25) is 4.90 Å². The summed E-state index contributed by atoms with van der Waals surface area (Å²) in [7, 11) is 2.16. The highest BCUT2D eigenvalue weighted by Crippen LogP contribution is 2.31. The van der Waals surface area contributed by atoms with Crippen LogP contribution in [0.2, 0.25) is 0 Å². The lowest BCUT2D eigenvalue weighted by molar-refractivity contribution is 0.101. The van der Waals surface area contributed by atoms with Crippen molar-refractivity contribution >= 4 is 0 Å². The SMILES string of the molecule is CCc1ccc(C(CN)N(C)C2CCC2)o1. The molecule has 1 aromatic heterocycles. The molecule has 1 atom stereocenters. The Labute approximate surface area is 97.6 Å². The molecule has 0 spiro atoms. The Morgan fingerprint density at radius 1 is 1.50 bits per heavy atom. The normalized spacial score (nSPS) is 18.8. The Morgan fingerprint density at radius 2 is 2.25 bits per heavy atom. The topological polar surface area (TPSA) is 42.4 Å². The maximum atomic E-state index is 5.87. The molecule has 1 aromatic rings. The van der Waals surface area contributed by atoms with Crippen LogP contribution in [-0.4, -0.2) is 24.5 Å². The third-order valence-electron chi connectivity index (χ3n) is 3.72. The maximum absolute atomic E-state index is 5.87. The van der Waals surface area contributed by atoms with E-state index in [9.17, 15) is 0 Å². The van der Waals surface area contributed by atoms with Gasteiger partial charge in [-0.1, -0.05) is 13.3 Å². The first-order chi connectivity index (χ1) is 7.76. The number of rotatable bonds is 5. The van der Waals surface area contributed by atoms with Crippen LogP contribution in [0.1, 0.15) is 43.7 Å². The van der Waals surface area contributed by atoms with Crippen LogP contribution < -0.4 is 5.73 Å². The van der Waals surface area contributed by atoms with Gasteiger partial charge in [-0.2, -0.15) is 0 Å². The second kappa shape index (κ2) is 5.02. The molecule has 0 radical (unpaired) electrons. The Hall–Kier alpha value is -0.800. The van der Waals surface area contributed by atoms with Gasteiger partial charge in [0, 0.05) is 19.0 Å². The molecule has 0 aliphatic heterocycles. The Balaban J connectivity index is 2.08. The van der Waals surface area contributed by atoms with Crippen molar-refractivity contribution in [3.63, 3.8) is 0 Å². The van der Waals surface area contributed by atoms with E-state index in [4.69, 9.17) is 10.2 Å². The quantitative estimate of drug-likeness (QED) is 0.831. The van der Waals surface area contributed by atoms with Gasteiger partial charge < -0.3 is 10.2 Å². The van der Waals surface area contributed by atoms with E-state index in [2.05, 4.69) is 31.0 Å². The number of furan rings is 1. The van der Waals surface area contributed by atoms with Crippen LogP contribution in [0.4, 0.5) is 0 Å². The van der Waals surface area contributed by atoms with Crippen molar-refractivity contribution in [3.05, 3.63) is 23.7 Å². The van der Waals surface area contributed by atoms with Crippen LogP contribution in [0, 0.1) is 0 Å². The molecule has 16 heavy (non-hydrogen) atoms. The number of nitrogens with zero attached hydrogens (tertiary/aromatic N) is 1. The summed E-state index contributed by atoms with van der Waals surface area (Å²) in [6.07, 6.45) is 4.90. The minimum Gasteiger partial charge on any atom is -0.464 e. The number of hydrogen-bond donors (Lipinski definition) is 1. The summed E-state index contributed by atoms with van der Waals surface area (Å²) in [6, 6.07) is 5.08. The summed E-state index contributed by atoms with van der Waals surface area (Å²) in [4.78, 5) is 2.38. The molecule has 1 saturated carbocycles. The molecular weight excluding hydrogens is 200 g/mol. The highest BCUT2D eigenvalue weighted by molar-refractivity contribution is 5.12. The molecule has 1 heterocycles. The van der Waals surface area contributed by atoms with E-state index in [-0.39, 0.29) is 6.04 Å². The summed E-state index contributed by atoms with van der Waals surface area (Å²) in [5.41, 5.74) is 5.87. The fourth-order valence-corrected chi connectivity index (χ4v) is 2.30. The van der Waals surface area contributed by atoms with Gasteiger partial charge in [0.1, 0.15) is 11.5 Å². The lowest BCUT2D eigenvalue weighted by Gasteiger charge is -2.38. The molecule has 0 aromatic carbocycles. The summed E-state index contributed by atoms with van der Waals surface area (Å²) in [5, 5.41) is 0. The molecule has 0 amide bonds. The summed E-state index contributed by atoms with van der Waals surface area (Å²) < 4.78 is 5.80. The second-order valence-corrected chi connectivity index (χ2v) is 4.66. The van der Waals surface area contributed by atoms with E-state index < -0.39 is 0 Å². The maximum Gasteiger partial charge on any atom is 0.122 e. The van der Waals surface area contributed by atoms with Crippen LogP contribution in [0.25, 0.3) is 0 Å². The number of aryl methyl sites for hydroxylation is 1. The van der Waals surface area contributed by atoms with Crippen LogP contribution >= 0.6 is 0 Å². The minimum absolute atomic E-state index is 0.241. The Morgan fingerprint density at radius 3 is 2.69 bits per heavy atom. The summed E-state index contributed by atoms with van der Waals surface area (Å²) in [6.45, 7) is 2.74. The number of nitrogens with two attached hydrogens (primary N) is 1. The van der Waals surface area contributed by atoms with Gasteiger partial charge >= 0.3 is 0 Å². The molecule has 0 bridgehead atoms. The monoisotopic (exact) mass is 222 g/mol. The number of hydrogen-bond acceptors (Lipinski definition) is 3. The van der Waals surface area contributed by atoms with Crippen molar-refractivity contribution in [1.29, 1.82) is 0 Å². The fraction of sp³-hybridized carbons (Fsp3) is 0.692. The predicted molar refractivity (Wildman–Crippen MR) is 65.3 cm³/mol. The van der Waals surface area contributed by atoms with Crippen LogP contribution in [-0.2, 0) is 6.42 Å². The minimum atomic E-state index is 0.241. The lowest BCUT2D eigenvalue weighted by Crippen LogP contribution is -2.42. The van der Waals surface area contributed by atoms with Gasteiger partial charge in [-0.25, -0.2) is 0 Å². The van der Waals surface area contributed by atoms with Crippen molar-refractivity contribution in [3.8, 4) is 0 Å². The smallest absolute Gasteiger partial charge is 0.122 e. The Kier molecular flexibility index (Phi) is 3.66. The van der Waals surface area contributed by atoms with Gasteiger partial charge in [-0.05, 0) is 32.0 Å². The van der Waals surface area contributed by atoms with E-state index in [1.807, 2.05) is 0 Å². The standard InChI is InChI=1S/C13H22N2O/c1-3-11-7-8-13(16-11)12(9-14)15(2)10-5-4-6-10/h7-8,10,12H,3-6,9,14H2,1-2H3. The molecule has 2 rings (SSSR count). The fourth-order valence-electron chi connectivity index (χ4n) is 2.30. The number of likely N-dealkylation sites (N-methyl/N-ethyl adjacent to an activating group) is 1. The molecule has 0 saturated heterocycles. The highest BCUT2D eigenvalue weighted by Gasteiger charge is 2.29. The molecule has 90 valence electrons. The third-order valence-corrected chi connectivity index (χ3v) is 3.72. The zero-order valence-electron chi connectivity index (χ0n) is 10.3. The van der Waals surface area contributed by atoms with E-state index in [0.29, 0.717) is 12.6 Å². The van der Waals surface area contributed by atoms with Gasteiger partial charge in [0.2, 0.25) is 0 Å². The van der Waals surface area contributed by atoms with Gasteiger partial charge in [0.05, 0.1) is 6.04 Å². The Bertz CT molecular complexity index is 330. The van der Waals surface area contributed by atoms with E-state index in [0.717, 1.165) is 17.9 Å². The van der Waals surface area contributed by atoms with E-state index in [1.165, 1.54) is 19.3 Å². The van der Waals surface area contributed by atoms with E-state index >= 15 is 0 Å². The van der Waals surface area contributed by atoms with Crippen molar-refractivity contribution in [2.45, 2.75) is 44.7 Å². The van der Waals surface area contributed by atoms with Crippen LogP contribution in [0.15, 0.2) is 16.5 Å². The van der Waals surface area contributed by atoms with Crippen LogP contribution in [0.5, 0.6) is 0 Å². The highest BCUT2D eigenvalue weighted by atomic mass is 16.3. The summed E-state index contributed by atoms with van der Waals surface area (Å²) >= 11 is 0. The van der Waals surface area contributed by atoms with Crippen molar-refractivity contribution in [1.82, 2.24) is 4.90 Å². The first-order valence-corrected chi connectivity index (χ1v) is 6.26. The molecule has 1 aliphatic carbocycles. The molecule has 3 nitrogen and oxygen atoms in total. The molecule has 1 unspecified atom stereocenters. The lowest BCUT2D eigenvalue weighted by atomic mass is 9.90. The van der Waals surface area contributed by atoms with Crippen molar-refractivity contribution in [2.75, 3.05) is 13.6 Å². The molecule has 1 aliphatic rings. The first-order valence-electron chi connectivity index (χ1n) is 6.26.